The van der Waals surface area contributed by atoms with Gasteiger partial charge in [0.15, 0.2) is 0 Å². The molecule has 2 unspecified atom stereocenters. The number of ether oxygens (including phenoxy) is 2. The molecule has 0 radical (unpaired) electrons. The van der Waals surface area contributed by atoms with Crippen LogP contribution in [-0.2, 0) is 9.47 Å². The third kappa shape index (κ3) is 3.63. The molecule has 1 fully saturated rings. The Kier molecular flexibility index (Phi) is 3.54. The quantitative estimate of drug-likeness (QED) is 0.664. The largest absolute Gasteiger partial charge is 0.508 e. The number of carbonyl (C=O) groups is 1. The van der Waals surface area contributed by atoms with Crippen LogP contribution in [0.2, 0.25) is 0 Å². The van der Waals surface area contributed by atoms with E-state index in [0.717, 1.165) is 19.3 Å². The minimum atomic E-state index is -0.575. The summed E-state index contributed by atoms with van der Waals surface area (Å²) >= 11 is 0. The monoisotopic (exact) mass is 187 g/mol. The van der Waals surface area contributed by atoms with E-state index in [1.807, 2.05) is 0 Å². The second-order valence-corrected chi connectivity index (χ2v) is 3.73. The molecule has 0 heterocycles. The fraction of sp³-hybridized carbons (Fsp3) is 0.889. The van der Waals surface area contributed by atoms with Crippen molar-refractivity contribution >= 4 is 6.16 Å². The van der Waals surface area contributed by atoms with Crippen LogP contribution >= 0.6 is 0 Å². The van der Waals surface area contributed by atoms with Crippen molar-refractivity contribution in [1.82, 2.24) is 0 Å². The van der Waals surface area contributed by atoms with Gasteiger partial charge in [0.1, 0.15) is 6.10 Å². The highest BCUT2D eigenvalue weighted by Gasteiger charge is 2.25. The number of hydrogen-bond acceptors (Lipinski definition) is 4. The fourth-order valence-electron chi connectivity index (χ4n) is 1.44. The van der Waals surface area contributed by atoms with Crippen molar-refractivity contribution < 1.29 is 14.3 Å². The molecule has 2 N–H and O–H groups in total. The first kappa shape index (κ1) is 10.3. The lowest BCUT2D eigenvalue weighted by Crippen LogP contribution is -2.21. The molecule has 0 aliphatic heterocycles. The van der Waals surface area contributed by atoms with Crippen LogP contribution in [0, 0.1) is 0 Å². The van der Waals surface area contributed by atoms with Gasteiger partial charge in [-0.3, -0.25) is 0 Å². The number of hydrogen-bond donors (Lipinski definition) is 1. The summed E-state index contributed by atoms with van der Waals surface area (Å²) in [5.74, 6) is 0. The molecular formula is C9H17NO3. The van der Waals surface area contributed by atoms with Gasteiger partial charge in [0.05, 0.1) is 6.10 Å². The topological polar surface area (TPSA) is 61.5 Å². The minimum absolute atomic E-state index is 0.0405. The first-order valence-electron chi connectivity index (χ1n) is 4.70. The summed E-state index contributed by atoms with van der Waals surface area (Å²) in [5.41, 5.74) is 5.67. The normalized spacial score (nSPS) is 27.7. The van der Waals surface area contributed by atoms with Crippen molar-refractivity contribution in [2.24, 2.45) is 5.73 Å². The number of carbonyl (C=O) groups excluding carboxylic acids is 1. The van der Waals surface area contributed by atoms with E-state index in [2.05, 4.69) is 0 Å². The molecule has 1 aliphatic rings. The van der Waals surface area contributed by atoms with E-state index >= 15 is 0 Å². The Labute approximate surface area is 78.4 Å². The number of rotatable bonds is 2. The Balaban J connectivity index is 2.21. The van der Waals surface area contributed by atoms with Gasteiger partial charge in [-0.15, -0.1) is 0 Å². The Morgan fingerprint density at radius 1 is 1.46 bits per heavy atom. The summed E-state index contributed by atoms with van der Waals surface area (Å²) < 4.78 is 9.90. The summed E-state index contributed by atoms with van der Waals surface area (Å²) in [6, 6.07) is 0.178. The zero-order chi connectivity index (χ0) is 9.84. The maximum atomic E-state index is 11.0. The van der Waals surface area contributed by atoms with Crippen LogP contribution in [0.15, 0.2) is 0 Å². The predicted octanol–water partition coefficient (Wildman–Crippen LogP) is 1.43. The van der Waals surface area contributed by atoms with E-state index in [-0.39, 0.29) is 18.2 Å². The van der Waals surface area contributed by atoms with Crippen LogP contribution in [0.1, 0.15) is 33.1 Å². The highest BCUT2D eigenvalue weighted by Crippen LogP contribution is 2.20. The molecule has 1 rings (SSSR count). The molecule has 0 aromatic carbocycles. The predicted molar refractivity (Wildman–Crippen MR) is 48.3 cm³/mol. The lowest BCUT2D eigenvalue weighted by Gasteiger charge is -2.13. The SMILES string of the molecule is CC(C)OC(=O)OC1CCC(N)C1. The van der Waals surface area contributed by atoms with Gasteiger partial charge < -0.3 is 15.2 Å². The van der Waals surface area contributed by atoms with Crippen LogP contribution in [0.4, 0.5) is 4.79 Å². The number of nitrogens with two attached hydrogens (primary N) is 1. The van der Waals surface area contributed by atoms with Crippen LogP contribution in [0.5, 0.6) is 0 Å². The lowest BCUT2D eigenvalue weighted by molar-refractivity contribution is 0.00882. The minimum Gasteiger partial charge on any atom is -0.432 e. The van der Waals surface area contributed by atoms with Gasteiger partial charge in [0, 0.05) is 6.04 Å². The van der Waals surface area contributed by atoms with Crippen molar-refractivity contribution in [1.29, 1.82) is 0 Å². The maximum Gasteiger partial charge on any atom is 0.508 e. The molecule has 0 bridgehead atoms. The van der Waals surface area contributed by atoms with Crippen molar-refractivity contribution in [3.05, 3.63) is 0 Å². The molecule has 0 aromatic heterocycles. The molecular weight excluding hydrogens is 170 g/mol. The molecule has 0 spiro atoms. The Hall–Kier alpha value is -0.770. The highest BCUT2D eigenvalue weighted by atomic mass is 16.7. The lowest BCUT2D eigenvalue weighted by atomic mass is 10.3. The summed E-state index contributed by atoms with van der Waals surface area (Å²) in [5, 5.41) is 0. The summed E-state index contributed by atoms with van der Waals surface area (Å²) in [6.07, 6.45) is 1.80. The van der Waals surface area contributed by atoms with Crippen LogP contribution in [0.3, 0.4) is 0 Å². The van der Waals surface area contributed by atoms with Crippen molar-refractivity contribution in [3.8, 4) is 0 Å². The summed E-state index contributed by atoms with van der Waals surface area (Å²) in [7, 11) is 0. The molecule has 1 saturated carbocycles. The molecule has 0 amide bonds. The molecule has 1 aliphatic carbocycles. The zero-order valence-corrected chi connectivity index (χ0v) is 8.16. The molecule has 0 saturated heterocycles. The van der Waals surface area contributed by atoms with E-state index in [4.69, 9.17) is 15.2 Å². The van der Waals surface area contributed by atoms with Crippen LogP contribution in [-0.4, -0.2) is 24.4 Å². The van der Waals surface area contributed by atoms with Crippen molar-refractivity contribution in [3.63, 3.8) is 0 Å². The van der Waals surface area contributed by atoms with Gasteiger partial charge in [-0.2, -0.15) is 0 Å². The zero-order valence-electron chi connectivity index (χ0n) is 8.16. The Bertz CT molecular complexity index is 182. The van der Waals surface area contributed by atoms with Crippen LogP contribution < -0.4 is 5.73 Å². The Morgan fingerprint density at radius 3 is 2.62 bits per heavy atom. The summed E-state index contributed by atoms with van der Waals surface area (Å²) in [4.78, 5) is 11.0. The smallest absolute Gasteiger partial charge is 0.432 e. The van der Waals surface area contributed by atoms with Gasteiger partial charge in [0.25, 0.3) is 0 Å². The molecule has 4 heteroatoms. The standard InChI is InChI=1S/C9H17NO3/c1-6(2)12-9(11)13-8-4-3-7(10)5-8/h6-8H,3-5,10H2,1-2H3. The van der Waals surface area contributed by atoms with Crippen LogP contribution in [0.25, 0.3) is 0 Å². The van der Waals surface area contributed by atoms with E-state index in [1.165, 1.54) is 0 Å². The van der Waals surface area contributed by atoms with E-state index < -0.39 is 6.16 Å². The average Bonchev–Trinajstić information content (AvgIpc) is 2.33. The molecule has 4 nitrogen and oxygen atoms in total. The van der Waals surface area contributed by atoms with Gasteiger partial charge in [-0.25, -0.2) is 4.79 Å². The first-order valence-corrected chi connectivity index (χ1v) is 4.70. The highest BCUT2D eigenvalue weighted by molar-refractivity contribution is 5.60. The van der Waals surface area contributed by atoms with E-state index in [0.29, 0.717) is 0 Å². The molecule has 76 valence electrons. The second kappa shape index (κ2) is 4.46. The van der Waals surface area contributed by atoms with Gasteiger partial charge in [-0.1, -0.05) is 0 Å². The molecule has 2 atom stereocenters. The van der Waals surface area contributed by atoms with Gasteiger partial charge >= 0.3 is 6.16 Å². The average molecular weight is 187 g/mol. The molecule has 0 aromatic rings. The first-order chi connectivity index (χ1) is 6.08. The van der Waals surface area contributed by atoms with Gasteiger partial charge in [-0.05, 0) is 33.1 Å². The van der Waals surface area contributed by atoms with E-state index in [9.17, 15) is 4.79 Å². The van der Waals surface area contributed by atoms with Crippen molar-refractivity contribution in [2.45, 2.75) is 51.4 Å². The van der Waals surface area contributed by atoms with E-state index in [1.54, 1.807) is 13.8 Å². The third-order valence-corrected chi connectivity index (χ3v) is 2.02. The third-order valence-electron chi connectivity index (χ3n) is 2.02. The van der Waals surface area contributed by atoms with Crippen molar-refractivity contribution in [2.75, 3.05) is 0 Å². The fourth-order valence-corrected chi connectivity index (χ4v) is 1.44. The van der Waals surface area contributed by atoms with Gasteiger partial charge in [0.2, 0.25) is 0 Å². The maximum absolute atomic E-state index is 11.0. The second-order valence-electron chi connectivity index (χ2n) is 3.73. The summed E-state index contributed by atoms with van der Waals surface area (Å²) in [6.45, 7) is 3.59. The molecule has 13 heavy (non-hydrogen) atoms. The Morgan fingerprint density at radius 2 is 2.15 bits per heavy atom.